The molecular formula is C21H23N3O3. The lowest BCUT2D eigenvalue weighted by Crippen LogP contribution is -2.42. The number of benzene rings is 1. The maximum Gasteiger partial charge on any atom is 0.325 e. The molecule has 27 heavy (non-hydrogen) atoms. The number of imide groups is 1. The highest BCUT2D eigenvalue weighted by Crippen LogP contribution is 2.28. The minimum atomic E-state index is -1.27. The Labute approximate surface area is 158 Å². The number of pyridine rings is 1. The molecule has 0 radical (unpaired) electrons. The van der Waals surface area contributed by atoms with Gasteiger partial charge < -0.3 is 5.32 Å². The van der Waals surface area contributed by atoms with Crippen molar-refractivity contribution in [3.8, 4) is 0 Å². The third-order valence-corrected chi connectivity index (χ3v) is 5.54. The summed E-state index contributed by atoms with van der Waals surface area (Å²) in [5.74, 6) is -0.731. The van der Waals surface area contributed by atoms with E-state index >= 15 is 0 Å². The van der Waals surface area contributed by atoms with Crippen LogP contribution in [-0.4, -0.2) is 34.2 Å². The molecule has 0 spiro atoms. The fourth-order valence-electron chi connectivity index (χ4n) is 3.40. The third kappa shape index (κ3) is 3.01. The molecule has 6 heteroatoms. The molecule has 1 saturated heterocycles. The Morgan fingerprint density at radius 1 is 1.11 bits per heavy atom. The molecular weight excluding hydrogens is 342 g/mol. The average molecular weight is 365 g/mol. The van der Waals surface area contributed by atoms with Gasteiger partial charge in [0.1, 0.15) is 0 Å². The number of nitrogens with one attached hydrogen (secondary N) is 1. The fraction of sp³-hybridized carbons (Fsp3) is 0.333. The van der Waals surface area contributed by atoms with Gasteiger partial charge in [-0.25, -0.2) is 4.79 Å². The predicted molar refractivity (Wildman–Crippen MR) is 102 cm³/mol. The topological polar surface area (TPSA) is 79.4 Å². The van der Waals surface area contributed by atoms with Crippen molar-refractivity contribution in [2.45, 2.75) is 40.2 Å². The zero-order chi connectivity index (χ0) is 19.9. The number of aromatic nitrogens is 1. The van der Waals surface area contributed by atoms with Crippen molar-refractivity contribution in [2.75, 3.05) is 6.54 Å². The Kier molecular flexibility index (Phi) is 4.59. The van der Waals surface area contributed by atoms with Crippen LogP contribution in [0.5, 0.6) is 0 Å². The summed E-state index contributed by atoms with van der Waals surface area (Å²) in [6.07, 6.45) is 1.56. The van der Waals surface area contributed by atoms with Gasteiger partial charge in [-0.05, 0) is 75.1 Å². The van der Waals surface area contributed by atoms with Gasteiger partial charge in [0.2, 0.25) is 0 Å². The Morgan fingerprint density at radius 3 is 2.44 bits per heavy atom. The van der Waals surface area contributed by atoms with Gasteiger partial charge in [-0.15, -0.1) is 0 Å². The van der Waals surface area contributed by atoms with Crippen molar-refractivity contribution >= 4 is 17.7 Å². The zero-order valence-corrected chi connectivity index (χ0v) is 16.2. The normalized spacial score (nSPS) is 19.4. The molecule has 1 aromatic carbocycles. The lowest BCUT2D eigenvalue weighted by atomic mass is 9.92. The van der Waals surface area contributed by atoms with Crippen LogP contribution in [0.1, 0.15) is 45.2 Å². The summed E-state index contributed by atoms with van der Waals surface area (Å²) in [6, 6.07) is 6.42. The van der Waals surface area contributed by atoms with E-state index in [1.165, 1.54) is 0 Å². The van der Waals surface area contributed by atoms with E-state index in [1.54, 1.807) is 31.3 Å². The van der Waals surface area contributed by atoms with E-state index in [4.69, 9.17) is 0 Å². The number of nitrogens with zero attached hydrogens (tertiary/aromatic N) is 2. The van der Waals surface area contributed by atoms with Crippen molar-refractivity contribution in [1.29, 1.82) is 0 Å². The van der Waals surface area contributed by atoms with Crippen LogP contribution < -0.4 is 5.32 Å². The first-order chi connectivity index (χ1) is 12.7. The van der Waals surface area contributed by atoms with E-state index in [9.17, 15) is 14.4 Å². The first-order valence-corrected chi connectivity index (χ1v) is 8.83. The number of Topliss-reactive ketones (excluding diaryl/α,β-unsaturated/α-hetero) is 1. The summed E-state index contributed by atoms with van der Waals surface area (Å²) in [6.45, 7) is 9.13. The van der Waals surface area contributed by atoms with Crippen LogP contribution in [0.25, 0.3) is 0 Å². The van der Waals surface area contributed by atoms with Gasteiger partial charge in [-0.1, -0.05) is 6.07 Å². The molecule has 1 aromatic heterocycles. The van der Waals surface area contributed by atoms with E-state index in [1.807, 2.05) is 33.8 Å². The van der Waals surface area contributed by atoms with Gasteiger partial charge in [-0.2, -0.15) is 0 Å². The molecule has 2 heterocycles. The molecule has 1 aliphatic rings. The minimum absolute atomic E-state index is 0.257. The molecule has 3 amide bonds. The largest absolute Gasteiger partial charge is 0.325 e. The number of aryl methyl sites for hydroxylation is 1. The highest BCUT2D eigenvalue weighted by molar-refractivity contribution is 6.11. The van der Waals surface area contributed by atoms with Crippen LogP contribution in [0, 0.1) is 27.7 Å². The molecule has 1 unspecified atom stereocenters. The molecule has 2 aromatic rings. The number of carbonyl (C=O) groups is 3. The molecule has 1 atom stereocenters. The number of urea groups is 1. The molecule has 1 aliphatic heterocycles. The number of amides is 3. The number of carbonyl (C=O) groups excluding carboxylic acids is 3. The fourth-order valence-corrected chi connectivity index (χ4v) is 3.40. The van der Waals surface area contributed by atoms with Gasteiger partial charge in [0.15, 0.2) is 11.3 Å². The van der Waals surface area contributed by atoms with Gasteiger partial charge >= 0.3 is 6.03 Å². The van der Waals surface area contributed by atoms with E-state index < -0.39 is 17.5 Å². The highest BCUT2D eigenvalue weighted by Gasteiger charge is 2.50. The number of rotatable bonds is 4. The molecule has 0 aliphatic carbocycles. The van der Waals surface area contributed by atoms with Crippen molar-refractivity contribution in [3.05, 3.63) is 64.0 Å². The van der Waals surface area contributed by atoms with Crippen LogP contribution in [0.2, 0.25) is 0 Å². The summed E-state index contributed by atoms with van der Waals surface area (Å²) >= 11 is 0. The average Bonchev–Trinajstić information content (AvgIpc) is 2.87. The molecule has 1 N–H and O–H groups in total. The Morgan fingerprint density at radius 2 is 1.81 bits per heavy atom. The van der Waals surface area contributed by atoms with Crippen LogP contribution >= 0.6 is 0 Å². The lowest BCUT2D eigenvalue weighted by molar-refractivity contribution is -0.130. The molecule has 140 valence electrons. The van der Waals surface area contributed by atoms with Crippen molar-refractivity contribution in [2.24, 2.45) is 0 Å². The summed E-state index contributed by atoms with van der Waals surface area (Å²) < 4.78 is 0. The predicted octanol–water partition coefficient (Wildman–Crippen LogP) is 2.97. The first-order valence-electron chi connectivity index (χ1n) is 8.83. The molecule has 0 bridgehead atoms. The maximum atomic E-state index is 12.9. The van der Waals surface area contributed by atoms with E-state index in [0.29, 0.717) is 11.3 Å². The van der Waals surface area contributed by atoms with Crippen molar-refractivity contribution in [1.82, 2.24) is 15.2 Å². The van der Waals surface area contributed by atoms with Crippen LogP contribution in [0.4, 0.5) is 4.79 Å². The minimum Gasteiger partial charge on any atom is -0.318 e. The standard InChI is InChI=1S/C21H23N3O3/c1-12-10-16(15(4)14(3)13(12)2)17(25)11-24-19(26)21(5,23-20(24)27)18-8-6-7-9-22-18/h6-10H,11H2,1-5H3,(H,23,27). The Hall–Kier alpha value is -3.02. The second kappa shape index (κ2) is 6.61. The number of hydrogen-bond donors (Lipinski definition) is 1. The monoisotopic (exact) mass is 365 g/mol. The quantitative estimate of drug-likeness (QED) is 0.667. The Bertz CT molecular complexity index is 953. The molecule has 1 fully saturated rings. The van der Waals surface area contributed by atoms with Gasteiger partial charge in [0.05, 0.1) is 12.2 Å². The molecule has 6 nitrogen and oxygen atoms in total. The van der Waals surface area contributed by atoms with Crippen LogP contribution in [0.3, 0.4) is 0 Å². The van der Waals surface area contributed by atoms with Crippen molar-refractivity contribution < 1.29 is 14.4 Å². The zero-order valence-electron chi connectivity index (χ0n) is 16.2. The lowest BCUT2D eigenvalue weighted by Gasteiger charge is -2.21. The van der Waals surface area contributed by atoms with E-state index in [2.05, 4.69) is 10.3 Å². The smallest absolute Gasteiger partial charge is 0.318 e. The van der Waals surface area contributed by atoms with E-state index in [0.717, 1.165) is 27.2 Å². The molecule has 0 saturated carbocycles. The second-order valence-corrected chi connectivity index (χ2v) is 7.20. The van der Waals surface area contributed by atoms with Gasteiger partial charge in [0, 0.05) is 11.8 Å². The summed E-state index contributed by atoms with van der Waals surface area (Å²) in [5, 5.41) is 2.67. The summed E-state index contributed by atoms with van der Waals surface area (Å²) in [4.78, 5) is 43.4. The van der Waals surface area contributed by atoms with Crippen molar-refractivity contribution in [3.63, 3.8) is 0 Å². The Balaban J connectivity index is 1.90. The number of ketones is 1. The first kappa shape index (κ1) is 18.8. The van der Waals surface area contributed by atoms with Crippen LogP contribution in [0.15, 0.2) is 30.5 Å². The van der Waals surface area contributed by atoms with E-state index in [-0.39, 0.29) is 12.3 Å². The van der Waals surface area contributed by atoms with Gasteiger partial charge in [0.25, 0.3) is 5.91 Å². The summed E-state index contributed by atoms with van der Waals surface area (Å²) in [7, 11) is 0. The summed E-state index contributed by atoms with van der Waals surface area (Å²) in [5.41, 5.74) is 3.79. The van der Waals surface area contributed by atoms with Gasteiger partial charge in [-0.3, -0.25) is 19.5 Å². The maximum absolute atomic E-state index is 12.9. The second-order valence-electron chi connectivity index (χ2n) is 7.20. The number of hydrogen-bond acceptors (Lipinski definition) is 4. The van der Waals surface area contributed by atoms with Crippen LogP contribution in [-0.2, 0) is 10.3 Å². The molecule has 3 rings (SSSR count). The highest BCUT2D eigenvalue weighted by atomic mass is 16.2. The SMILES string of the molecule is Cc1cc(C(=O)CN2C(=O)NC(C)(c3ccccn3)C2=O)c(C)c(C)c1C. The third-order valence-electron chi connectivity index (χ3n) is 5.54.